The molecule has 6 heteroatoms. The van der Waals surface area contributed by atoms with Gasteiger partial charge in [-0.2, -0.15) is 0 Å². The molecule has 0 bridgehead atoms. The Morgan fingerprint density at radius 2 is 1.96 bits per heavy atom. The van der Waals surface area contributed by atoms with Gasteiger partial charge in [0.25, 0.3) is 5.91 Å². The number of aromatic nitrogens is 2. The Morgan fingerprint density at radius 3 is 2.68 bits per heavy atom. The summed E-state index contributed by atoms with van der Waals surface area (Å²) in [4.78, 5) is 23.4. The van der Waals surface area contributed by atoms with Crippen molar-refractivity contribution >= 4 is 17.5 Å². The van der Waals surface area contributed by atoms with Gasteiger partial charge in [-0.15, -0.1) is 0 Å². The maximum absolute atomic E-state index is 12.8. The Balaban J connectivity index is 1.43. The number of amides is 1. The Bertz CT molecular complexity index is 725. The summed E-state index contributed by atoms with van der Waals surface area (Å²) in [7, 11) is 0. The molecular formula is C19H23N5O. The zero-order valence-electron chi connectivity index (χ0n) is 14.2. The van der Waals surface area contributed by atoms with Crippen LogP contribution in [0.25, 0.3) is 0 Å². The molecule has 0 aliphatic carbocycles. The van der Waals surface area contributed by atoms with Crippen molar-refractivity contribution in [1.29, 1.82) is 0 Å². The molecule has 4 rings (SSSR count). The Morgan fingerprint density at radius 1 is 1.16 bits per heavy atom. The van der Waals surface area contributed by atoms with E-state index in [0.29, 0.717) is 11.5 Å². The Labute approximate surface area is 147 Å². The van der Waals surface area contributed by atoms with Gasteiger partial charge in [0.05, 0.1) is 5.56 Å². The first-order chi connectivity index (χ1) is 12.2. The molecule has 130 valence electrons. The highest BCUT2D eigenvalue weighted by Gasteiger charge is 2.39. The minimum atomic E-state index is 0.0391. The number of nitrogens with one attached hydrogen (secondary N) is 2. The molecule has 3 heterocycles. The number of carbonyl (C=O) groups excluding carboxylic acids is 1. The lowest BCUT2D eigenvalue weighted by Crippen LogP contribution is -2.47. The van der Waals surface area contributed by atoms with Crippen LogP contribution < -0.4 is 10.6 Å². The number of rotatable bonds is 3. The van der Waals surface area contributed by atoms with E-state index in [0.717, 1.165) is 44.7 Å². The van der Waals surface area contributed by atoms with Gasteiger partial charge in [0.15, 0.2) is 0 Å². The van der Waals surface area contributed by atoms with E-state index in [4.69, 9.17) is 0 Å². The standard InChI is InChI=1S/C19H23N5O/c25-17(24-10-4-7-19(14-24)8-9-20-13-19)15-11-21-18(22-12-15)23-16-5-2-1-3-6-16/h1-3,5-6,11-12,20H,4,7-10,13-14H2,(H,21,22,23)/t19-/m1/s1. The maximum Gasteiger partial charge on any atom is 0.257 e. The monoisotopic (exact) mass is 337 g/mol. The van der Waals surface area contributed by atoms with Crippen LogP contribution in [-0.2, 0) is 0 Å². The molecule has 6 nitrogen and oxygen atoms in total. The first-order valence-electron chi connectivity index (χ1n) is 8.88. The van der Waals surface area contributed by atoms with Crippen molar-refractivity contribution in [2.75, 3.05) is 31.5 Å². The highest BCUT2D eigenvalue weighted by Crippen LogP contribution is 2.35. The smallest absolute Gasteiger partial charge is 0.257 e. The predicted molar refractivity (Wildman–Crippen MR) is 96.8 cm³/mol. The zero-order valence-corrected chi connectivity index (χ0v) is 14.2. The van der Waals surface area contributed by atoms with Crippen LogP contribution in [-0.4, -0.2) is 47.0 Å². The van der Waals surface area contributed by atoms with Crippen LogP contribution in [0.3, 0.4) is 0 Å². The topological polar surface area (TPSA) is 70.2 Å². The number of nitrogens with zero attached hydrogens (tertiary/aromatic N) is 3. The summed E-state index contributed by atoms with van der Waals surface area (Å²) >= 11 is 0. The maximum atomic E-state index is 12.8. The molecule has 2 saturated heterocycles. The highest BCUT2D eigenvalue weighted by atomic mass is 16.2. The van der Waals surface area contributed by atoms with Crippen LogP contribution >= 0.6 is 0 Å². The van der Waals surface area contributed by atoms with Crippen LogP contribution in [0.2, 0.25) is 0 Å². The van der Waals surface area contributed by atoms with E-state index in [1.165, 1.54) is 6.42 Å². The predicted octanol–water partition coefficient (Wildman–Crippen LogP) is 2.44. The SMILES string of the molecule is O=C(c1cnc(Nc2ccccc2)nc1)N1CCC[C@]2(CCNC2)C1. The number of para-hydroxylation sites is 1. The van der Waals surface area contributed by atoms with E-state index in [1.807, 2.05) is 35.2 Å². The van der Waals surface area contributed by atoms with E-state index in [-0.39, 0.29) is 11.3 Å². The van der Waals surface area contributed by atoms with Gasteiger partial charge in [-0.1, -0.05) is 18.2 Å². The third-order valence-corrected chi connectivity index (χ3v) is 5.21. The molecule has 2 aliphatic rings. The molecule has 1 atom stereocenters. The molecular weight excluding hydrogens is 314 g/mol. The molecule has 25 heavy (non-hydrogen) atoms. The summed E-state index contributed by atoms with van der Waals surface area (Å²) < 4.78 is 0. The van der Waals surface area contributed by atoms with Crippen LogP contribution in [0.15, 0.2) is 42.7 Å². The average molecular weight is 337 g/mol. The summed E-state index contributed by atoms with van der Waals surface area (Å²) in [5.74, 6) is 0.537. The van der Waals surface area contributed by atoms with Gasteiger partial charge in [0.1, 0.15) is 0 Å². The fourth-order valence-electron chi connectivity index (χ4n) is 3.86. The van der Waals surface area contributed by atoms with Crippen LogP contribution in [0.4, 0.5) is 11.6 Å². The van der Waals surface area contributed by atoms with Crippen LogP contribution in [0, 0.1) is 5.41 Å². The quantitative estimate of drug-likeness (QED) is 0.900. The lowest BCUT2D eigenvalue weighted by atomic mass is 9.79. The largest absolute Gasteiger partial charge is 0.338 e. The zero-order chi connectivity index (χ0) is 17.1. The summed E-state index contributed by atoms with van der Waals surface area (Å²) in [6.45, 7) is 3.74. The fourth-order valence-corrected chi connectivity index (χ4v) is 3.86. The first kappa shape index (κ1) is 16.0. The molecule has 0 saturated carbocycles. The second-order valence-corrected chi connectivity index (χ2v) is 7.04. The molecule has 2 fully saturated rings. The van der Waals surface area contributed by atoms with Crippen molar-refractivity contribution in [3.8, 4) is 0 Å². The fraction of sp³-hybridized carbons (Fsp3) is 0.421. The number of benzene rings is 1. The normalized spacial score (nSPS) is 23.0. The van der Waals surface area contributed by atoms with E-state index >= 15 is 0 Å². The number of hydrogen-bond donors (Lipinski definition) is 2. The van der Waals surface area contributed by atoms with Crippen molar-refractivity contribution in [1.82, 2.24) is 20.2 Å². The molecule has 0 unspecified atom stereocenters. The minimum absolute atomic E-state index is 0.0391. The Hall–Kier alpha value is -2.47. The van der Waals surface area contributed by atoms with Crippen LogP contribution in [0.5, 0.6) is 0 Å². The van der Waals surface area contributed by atoms with Gasteiger partial charge < -0.3 is 15.5 Å². The lowest BCUT2D eigenvalue weighted by Gasteiger charge is -2.40. The number of anilines is 2. The van der Waals surface area contributed by atoms with Gasteiger partial charge in [0.2, 0.25) is 5.95 Å². The summed E-state index contributed by atoms with van der Waals surface area (Å²) in [5, 5.41) is 6.58. The third kappa shape index (κ3) is 3.49. The van der Waals surface area contributed by atoms with Crippen molar-refractivity contribution in [3.63, 3.8) is 0 Å². The van der Waals surface area contributed by atoms with E-state index < -0.39 is 0 Å². The molecule has 1 aromatic heterocycles. The Kier molecular flexibility index (Phi) is 4.36. The van der Waals surface area contributed by atoms with Gasteiger partial charge in [-0.3, -0.25) is 4.79 Å². The van der Waals surface area contributed by atoms with Gasteiger partial charge in [-0.25, -0.2) is 9.97 Å². The average Bonchev–Trinajstić information content (AvgIpc) is 3.10. The number of carbonyl (C=O) groups is 1. The molecule has 2 N–H and O–H groups in total. The molecule has 1 spiro atoms. The third-order valence-electron chi connectivity index (χ3n) is 5.21. The number of likely N-dealkylation sites (tertiary alicyclic amines) is 1. The van der Waals surface area contributed by atoms with E-state index in [2.05, 4.69) is 20.6 Å². The number of piperidine rings is 1. The summed E-state index contributed by atoms with van der Waals surface area (Å²) in [5.41, 5.74) is 1.75. The summed E-state index contributed by atoms with van der Waals surface area (Å²) in [6.07, 6.45) is 6.68. The molecule has 0 radical (unpaired) electrons. The summed E-state index contributed by atoms with van der Waals surface area (Å²) in [6, 6.07) is 9.75. The van der Waals surface area contributed by atoms with Gasteiger partial charge in [-0.05, 0) is 37.9 Å². The molecule has 1 aromatic carbocycles. The van der Waals surface area contributed by atoms with Crippen molar-refractivity contribution in [2.24, 2.45) is 5.41 Å². The van der Waals surface area contributed by atoms with Crippen molar-refractivity contribution in [2.45, 2.75) is 19.3 Å². The second-order valence-electron chi connectivity index (χ2n) is 7.04. The minimum Gasteiger partial charge on any atom is -0.338 e. The van der Waals surface area contributed by atoms with Crippen molar-refractivity contribution < 1.29 is 4.79 Å². The van der Waals surface area contributed by atoms with E-state index in [1.54, 1.807) is 12.4 Å². The van der Waals surface area contributed by atoms with Gasteiger partial charge in [0, 0.05) is 43.1 Å². The highest BCUT2D eigenvalue weighted by molar-refractivity contribution is 5.93. The van der Waals surface area contributed by atoms with E-state index in [9.17, 15) is 4.79 Å². The first-order valence-corrected chi connectivity index (χ1v) is 8.88. The lowest BCUT2D eigenvalue weighted by molar-refractivity contribution is 0.0552. The molecule has 2 aromatic rings. The molecule has 2 aliphatic heterocycles. The van der Waals surface area contributed by atoms with Gasteiger partial charge >= 0.3 is 0 Å². The molecule has 1 amide bonds. The second kappa shape index (κ2) is 6.80. The van der Waals surface area contributed by atoms with Crippen LogP contribution in [0.1, 0.15) is 29.6 Å². The number of hydrogen-bond acceptors (Lipinski definition) is 5. The van der Waals surface area contributed by atoms with Crippen molar-refractivity contribution in [3.05, 3.63) is 48.3 Å².